The van der Waals surface area contributed by atoms with E-state index in [-0.39, 0.29) is 18.2 Å². The number of ketones is 1. The van der Waals surface area contributed by atoms with Gasteiger partial charge in [-0.25, -0.2) is 0 Å². The Morgan fingerprint density at radius 2 is 2.11 bits per heavy atom. The Hall–Kier alpha value is -1.58. The Bertz CT molecular complexity index is 488. The molecule has 0 atom stereocenters. The van der Waals surface area contributed by atoms with Crippen LogP contribution < -0.4 is 0 Å². The molecule has 0 aliphatic carbocycles. The van der Waals surface area contributed by atoms with E-state index in [0.717, 1.165) is 36.5 Å². The highest BCUT2D eigenvalue weighted by atomic mass is 16.2. The minimum Gasteiger partial charge on any atom is -0.349 e. The Kier molecular flexibility index (Phi) is 3.55. The van der Waals surface area contributed by atoms with Gasteiger partial charge in [0.15, 0.2) is 5.78 Å². The molecule has 0 aromatic carbocycles. The van der Waals surface area contributed by atoms with Crippen LogP contribution >= 0.6 is 0 Å². The van der Waals surface area contributed by atoms with E-state index in [2.05, 4.69) is 11.5 Å². The van der Waals surface area contributed by atoms with Crippen LogP contribution in [0.25, 0.3) is 0 Å². The molecule has 0 saturated carbocycles. The van der Waals surface area contributed by atoms with Crippen molar-refractivity contribution in [1.29, 1.82) is 0 Å². The predicted octanol–water partition coefficient (Wildman–Crippen LogP) is 1.93. The minimum atomic E-state index is 0.0538. The van der Waals surface area contributed by atoms with E-state index in [1.807, 2.05) is 19.9 Å². The lowest BCUT2D eigenvalue weighted by atomic mass is 10.1. The molecule has 98 valence electrons. The Morgan fingerprint density at radius 1 is 1.39 bits per heavy atom. The second-order valence-corrected chi connectivity index (χ2v) is 4.87. The Balaban J connectivity index is 2.16. The lowest BCUT2D eigenvalue weighted by Crippen LogP contribution is -2.31. The average molecular weight is 248 g/mol. The van der Waals surface area contributed by atoms with Crippen LogP contribution in [0.4, 0.5) is 0 Å². The molecule has 4 heteroatoms. The first-order valence-electron chi connectivity index (χ1n) is 6.52. The molecule has 1 fully saturated rings. The highest BCUT2D eigenvalue weighted by Crippen LogP contribution is 2.17. The van der Waals surface area contributed by atoms with E-state index >= 15 is 0 Å². The van der Waals surface area contributed by atoms with Crippen molar-refractivity contribution in [3.8, 4) is 0 Å². The summed E-state index contributed by atoms with van der Waals surface area (Å²) in [5.41, 5.74) is 2.87. The van der Waals surface area contributed by atoms with Gasteiger partial charge in [0, 0.05) is 36.5 Å². The first-order valence-corrected chi connectivity index (χ1v) is 6.52. The minimum absolute atomic E-state index is 0.0538. The molecule has 1 amide bonds. The molecule has 0 spiro atoms. The second kappa shape index (κ2) is 4.96. The number of hydrogen-bond donors (Lipinski definition) is 0. The molecular weight excluding hydrogens is 228 g/mol. The topological polar surface area (TPSA) is 42.3 Å². The van der Waals surface area contributed by atoms with Gasteiger partial charge < -0.3 is 9.47 Å². The van der Waals surface area contributed by atoms with Crippen molar-refractivity contribution in [1.82, 2.24) is 9.47 Å². The normalized spacial score (nSPS) is 15.5. The Labute approximate surface area is 108 Å². The fraction of sp³-hybridized carbons (Fsp3) is 0.571. The first kappa shape index (κ1) is 12.9. The third kappa shape index (κ3) is 2.19. The fourth-order valence-corrected chi connectivity index (χ4v) is 2.70. The largest absolute Gasteiger partial charge is 0.349 e. The number of Topliss-reactive ketones (excluding diaryl/α,β-unsaturated/α-hetero) is 1. The maximum atomic E-state index is 12.2. The summed E-state index contributed by atoms with van der Waals surface area (Å²) in [7, 11) is 0. The van der Waals surface area contributed by atoms with Gasteiger partial charge in [0.2, 0.25) is 5.91 Å². The van der Waals surface area contributed by atoms with Gasteiger partial charge in [-0.1, -0.05) is 0 Å². The molecule has 0 unspecified atom stereocenters. The molecular formula is C14H20N2O2. The van der Waals surface area contributed by atoms with Gasteiger partial charge in [-0.15, -0.1) is 0 Å². The third-order valence-electron chi connectivity index (χ3n) is 3.70. The van der Waals surface area contributed by atoms with Crippen molar-refractivity contribution in [2.75, 3.05) is 13.1 Å². The molecule has 0 bridgehead atoms. The van der Waals surface area contributed by atoms with Crippen LogP contribution in [0.5, 0.6) is 0 Å². The van der Waals surface area contributed by atoms with Crippen LogP contribution in [0.2, 0.25) is 0 Å². The summed E-state index contributed by atoms with van der Waals surface area (Å²) in [5, 5.41) is 0. The van der Waals surface area contributed by atoms with Crippen molar-refractivity contribution in [3.05, 3.63) is 23.0 Å². The molecule has 1 aliphatic rings. The fourth-order valence-electron chi connectivity index (χ4n) is 2.70. The van der Waals surface area contributed by atoms with E-state index in [1.54, 1.807) is 4.90 Å². The number of carbonyl (C=O) groups is 2. The summed E-state index contributed by atoms with van der Waals surface area (Å²) >= 11 is 0. The van der Waals surface area contributed by atoms with Gasteiger partial charge in [-0.05, 0) is 33.3 Å². The van der Waals surface area contributed by atoms with Crippen LogP contribution in [0, 0.1) is 13.8 Å². The van der Waals surface area contributed by atoms with Gasteiger partial charge in [0.05, 0.1) is 6.54 Å². The predicted molar refractivity (Wildman–Crippen MR) is 69.7 cm³/mol. The van der Waals surface area contributed by atoms with Crippen molar-refractivity contribution in [3.63, 3.8) is 0 Å². The van der Waals surface area contributed by atoms with E-state index in [1.165, 1.54) is 0 Å². The molecule has 18 heavy (non-hydrogen) atoms. The maximum Gasteiger partial charge on any atom is 0.223 e. The van der Waals surface area contributed by atoms with Crippen LogP contribution in [0.1, 0.15) is 41.5 Å². The van der Waals surface area contributed by atoms with Gasteiger partial charge in [0.25, 0.3) is 0 Å². The lowest BCUT2D eigenvalue weighted by Gasteiger charge is -2.14. The van der Waals surface area contributed by atoms with Crippen LogP contribution in [0.15, 0.2) is 6.07 Å². The number of carbonyl (C=O) groups excluding carboxylic acids is 2. The van der Waals surface area contributed by atoms with Gasteiger partial charge in [-0.3, -0.25) is 9.59 Å². The van der Waals surface area contributed by atoms with E-state index in [0.29, 0.717) is 6.42 Å². The van der Waals surface area contributed by atoms with Crippen LogP contribution in [-0.2, 0) is 11.3 Å². The summed E-state index contributed by atoms with van der Waals surface area (Å²) in [5.74, 6) is 0.158. The molecule has 1 aromatic heterocycles. The number of aromatic nitrogens is 1. The quantitative estimate of drug-likeness (QED) is 0.764. The summed E-state index contributed by atoms with van der Waals surface area (Å²) in [6.45, 7) is 7.86. The molecule has 2 rings (SSSR count). The maximum absolute atomic E-state index is 12.2. The summed E-state index contributed by atoms with van der Waals surface area (Å²) in [6.07, 6.45) is 1.46. The highest BCUT2D eigenvalue weighted by molar-refractivity contribution is 6.00. The molecule has 4 nitrogen and oxygen atoms in total. The second-order valence-electron chi connectivity index (χ2n) is 4.87. The zero-order chi connectivity index (χ0) is 13.3. The number of aryl methyl sites for hydroxylation is 1. The SMILES string of the molecule is CCn1c(C)cc(C(=O)CN2CCCC2=O)c1C. The smallest absolute Gasteiger partial charge is 0.223 e. The monoisotopic (exact) mass is 248 g/mol. The van der Waals surface area contributed by atoms with Crippen molar-refractivity contribution in [2.24, 2.45) is 0 Å². The number of amides is 1. The number of rotatable bonds is 4. The first-order chi connectivity index (χ1) is 8.54. The number of likely N-dealkylation sites (tertiary alicyclic amines) is 1. The highest BCUT2D eigenvalue weighted by Gasteiger charge is 2.24. The zero-order valence-electron chi connectivity index (χ0n) is 11.3. The van der Waals surface area contributed by atoms with Gasteiger partial charge in [-0.2, -0.15) is 0 Å². The molecule has 1 aliphatic heterocycles. The molecule has 0 N–H and O–H groups in total. The number of nitrogens with zero attached hydrogens (tertiary/aromatic N) is 2. The molecule has 2 heterocycles. The van der Waals surface area contributed by atoms with Crippen LogP contribution in [-0.4, -0.2) is 34.2 Å². The van der Waals surface area contributed by atoms with Gasteiger partial charge in [0.1, 0.15) is 0 Å². The third-order valence-corrected chi connectivity index (χ3v) is 3.70. The average Bonchev–Trinajstić information content (AvgIpc) is 2.84. The van der Waals surface area contributed by atoms with E-state index < -0.39 is 0 Å². The van der Waals surface area contributed by atoms with Crippen molar-refractivity contribution < 1.29 is 9.59 Å². The molecule has 1 aromatic rings. The van der Waals surface area contributed by atoms with Crippen molar-refractivity contribution >= 4 is 11.7 Å². The summed E-state index contributed by atoms with van der Waals surface area (Å²) < 4.78 is 2.12. The molecule has 0 radical (unpaired) electrons. The van der Waals surface area contributed by atoms with E-state index in [9.17, 15) is 9.59 Å². The van der Waals surface area contributed by atoms with E-state index in [4.69, 9.17) is 0 Å². The van der Waals surface area contributed by atoms with Crippen molar-refractivity contribution in [2.45, 2.75) is 40.2 Å². The molecule has 1 saturated heterocycles. The van der Waals surface area contributed by atoms with Crippen LogP contribution in [0.3, 0.4) is 0 Å². The standard InChI is InChI=1S/C14H20N2O2/c1-4-16-10(2)8-12(11(16)3)13(17)9-15-7-5-6-14(15)18/h8H,4-7,9H2,1-3H3. The Morgan fingerprint density at radius 3 is 2.61 bits per heavy atom. The summed E-state index contributed by atoms with van der Waals surface area (Å²) in [6, 6.07) is 1.93. The summed E-state index contributed by atoms with van der Waals surface area (Å²) in [4.78, 5) is 25.4. The zero-order valence-corrected chi connectivity index (χ0v) is 11.3. The number of hydrogen-bond acceptors (Lipinski definition) is 2. The lowest BCUT2D eigenvalue weighted by molar-refractivity contribution is -0.127. The van der Waals surface area contributed by atoms with Gasteiger partial charge >= 0.3 is 0 Å².